The third-order valence-electron chi connectivity index (χ3n) is 0.992. The molecule has 0 saturated heterocycles. The predicted molar refractivity (Wildman–Crippen MR) is 36.5 cm³/mol. The van der Waals surface area contributed by atoms with E-state index in [0.717, 1.165) is 6.20 Å². The van der Waals surface area contributed by atoms with E-state index >= 15 is 0 Å². The van der Waals surface area contributed by atoms with Crippen LogP contribution in [0.25, 0.3) is 0 Å². The van der Waals surface area contributed by atoms with Crippen molar-refractivity contribution in [3.05, 3.63) is 11.9 Å². The van der Waals surface area contributed by atoms with Gasteiger partial charge < -0.3 is 0 Å². The Bertz CT molecular complexity index is 332. The maximum atomic E-state index is 10.8. The van der Waals surface area contributed by atoms with Gasteiger partial charge in [-0.25, -0.2) is 4.21 Å². The van der Waals surface area contributed by atoms with Crippen molar-refractivity contribution >= 4 is 22.0 Å². The van der Waals surface area contributed by atoms with E-state index in [4.69, 9.17) is 4.55 Å². The van der Waals surface area contributed by atoms with Crippen LogP contribution in [0.2, 0.25) is 0 Å². The van der Waals surface area contributed by atoms with Gasteiger partial charge in [-0.15, -0.1) is 0 Å². The standard InChI is InChI=1S/C4H3N3O4S/c8-3(4(9)12(10)11)2-1-5-7-6-2/h1H,(H,10,11)(H,5,6,7). The van der Waals surface area contributed by atoms with Gasteiger partial charge in [0.1, 0.15) is 0 Å². The number of ketones is 1. The number of hydrogen-bond acceptors (Lipinski definition) is 5. The molecule has 0 spiro atoms. The Morgan fingerprint density at radius 1 is 1.58 bits per heavy atom. The topological polar surface area (TPSA) is 113 Å². The first-order chi connectivity index (χ1) is 5.63. The predicted octanol–water partition coefficient (Wildman–Crippen LogP) is -1.26. The van der Waals surface area contributed by atoms with E-state index in [-0.39, 0.29) is 5.69 Å². The van der Waals surface area contributed by atoms with Crippen molar-refractivity contribution in [2.45, 2.75) is 0 Å². The van der Waals surface area contributed by atoms with Gasteiger partial charge in [-0.1, -0.05) is 0 Å². The van der Waals surface area contributed by atoms with Gasteiger partial charge in [-0.2, -0.15) is 15.4 Å². The zero-order valence-electron chi connectivity index (χ0n) is 5.55. The van der Waals surface area contributed by atoms with Crippen LogP contribution in [0.3, 0.4) is 0 Å². The van der Waals surface area contributed by atoms with E-state index in [1.54, 1.807) is 0 Å². The Morgan fingerprint density at radius 2 is 2.25 bits per heavy atom. The Morgan fingerprint density at radius 3 is 2.67 bits per heavy atom. The maximum absolute atomic E-state index is 10.8. The normalized spacial score (nSPS) is 12.4. The zero-order chi connectivity index (χ0) is 9.14. The van der Waals surface area contributed by atoms with E-state index in [1.807, 2.05) is 0 Å². The van der Waals surface area contributed by atoms with Crippen LogP contribution in [-0.2, 0) is 15.9 Å². The zero-order valence-corrected chi connectivity index (χ0v) is 6.37. The number of carbonyl (C=O) groups excluding carboxylic acids is 2. The minimum atomic E-state index is -2.80. The average Bonchev–Trinajstić information content (AvgIpc) is 2.53. The molecule has 0 radical (unpaired) electrons. The first-order valence-corrected chi connectivity index (χ1v) is 3.79. The minimum absolute atomic E-state index is 0.276. The van der Waals surface area contributed by atoms with Crippen LogP contribution < -0.4 is 0 Å². The van der Waals surface area contributed by atoms with Crippen molar-refractivity contribution in [2.75, 3.05) is 0 Å². The molecular formula is C4H3N3O4S. The van der Waals surface area contributed by atoms with E-state index in [1.165, 1.54) is 0 Å². The summed E-state index contributed by atoms with van der Waals surface area (Å²) in [5.41, 5.74) is -0.276. The van der Waals surface area contributed by atoms with Crippen LogP contribution in [0.1, 0.15) is 10.5 Å². The summed E-state index contributed by atoms with van der Waals surface area (Å²) >= 11 is -2.80. The molecule has 0 saturated carbocycles. The highest BCUT2D eigenvalue weighted by molar-refractivity contribution is 7.97. The highest BCUT2D eigenvalue weighted by Gasteiger charge is 2.23. The summed E-state index contributed by atoms with van der Waals surface area (Å²) in [6, 6.07) is 0. The van der Waals surface area contributed by atoms with E-state index in [9.17, 15) is 13.8 Å². The smallest absolute Gasteiger partial charge is 0.300 e. The van der Waals surface area contributed by atoms with Gasteiger partial charge in [0.2, 0.25) is 11.1 Å². The van der Waals surface area contributed by atoms with Crippen molar-refractivity contribution in [2.24, 2.45) is 0 Å². The molecule has 1 heterocycles. The largest absolute Gasteiger partial charge is 0.318 e. The van der Waals surface area contributed by atoms with Crippen LogP contribution in [0.5, 0.6) is 0 Å². The molecule has 7 nitrogen and oxygen atoms in total. The molecule has 0 aromatic carbocycles. The molecule has 0 aliphatic rings. The molecule has 1 aromatic heterocycles. The lowest BCUT2D eigenvalue weighted by Gasteiger charge is -1.87. The number of nitrogens with zero attached hydrogens (tertiary/aromatic N) is 2. The van der Waals surface area contributed by atoms with Crippen LogP contribution >= 0.6 is 0 Å². The molecule has 0 amide bonds. The number of carbonyl (C=O) groups is 2. The number of aromatic amines is 1. The molecule has 0 aliphatic carbocycles. The van der Waals surface area contributed by atoms with Gasteiger partial charge in [0.05, 0.1) is 6.20 Å². The summed E-state index contributed by atoms with van der Waals surface area (Å²) < 4.78 is 18.4. The van der Waals surface area contributed by atoms with E-state index in [2.05, 4.69) is 15.4 Å². The molecule has 12 heavy (non-hydrogen) atoms. The van der Waals surface area contributed by atoms with Crippen molar-refractivity contribution in [1.29, 1.82) is 0 Å². The van der Waals surface area contributed by atoms with Gasteiger partial charge in [-0.05, 0) is 0 Å². The summed E-state index contributed by atoms with van der Waals surface area (Å²) in [5.74, 6) is -1.13. The number of aromatic nitrogens is 3. The van der Waals surface area contributed by atoms with Gasteiger partial charge in [0.15, 0.2) is 5.69 Å². The van der Waals surface area contributed by atoms with E-state index in [0.29, 0.717) is 0 Å². The molecule has 1 rings (SSSR count). The van der Waals surface area contributed by atoms with Crippen LogP contribution in [-0.4, -0.2) is 35.1 Å². The monoisotopic (exact) mass is 189 g/mol. The Hall–Kier alpha value is -1.41. The number of nitrogens with one attached hydrogen (secondary N) is 1. The molecule has 64 valence electrons. The van der Waals surface area contributed by atoms with Gasteiger partial charge in [0.25, 0.3) is 5.78 Å². The SMILES string of the molecule is O=C(C(=O)S(=O)O)c1cn[nH]n1. The quantitative estimate of drug-likeness (QED) is 0.341. The number of rotatable bonds is 2. The fourth-order valence-electron chi connectivity index (χ4n) is 0.495. The lowest BCUT2D eigenvalue weighted by atomic mass is 10.3. The third kappa shape index (κ3) is 1.60. The summed E-state index contributed by atoms with van der Waals surface area (Å²) in [4.78, 5) is 21.4. The second kappa shape index (κ2) is 3.32. The summed E-state index contributed by atoms with van der Waals surface area (Å²) in [7, 11) is 0. The Balaban J connectivity index is 2.87. The van der Waals surface area contributed by atoms with Crippen molar-refractivity contribution in [3.63, 3.8) is 0 Å². The maximum Gasteiger partial charge on any atom is 0.318 e. The fourth-order valence-corrected chi connectivity index (χ4v) is 0.758. The van der Waals surface area contributed by atoms with Crippen molar-refractivity contribution < 1.29 is 18.4 Å². The molecule has 2 N–H and O–H groups in total. The Kier molecular flexibility index (Phi) is 2.41. The lowest BCUT2D eigenvalue weighted by Crippen LogP contribution is -2.19. The van der Waals surface area contributed by atoms with Crippen LogP contribution in [0.15, 0.2) is 6.20 Å². The van der Waals surface area contributed by atoms with Gasteiger partial charge in [-0.3, -0.25) is 14.1 Å². The lowest BCUT2D eigenvalue weighted by molar-refractivity contribution is -0.108. The first kappa shape index (κ1) is 8.68. The summed E-state index contributed by atoms with van der Waals surface area (Å²) in [5, 5.41) is 7.20. The molecule has 0 bridgehead atoms. The molecule has 1 atom stereocenters. The van der Waals surface area contributed by atoms with Crippen LogP contribution in [0, 0.1) is 0 Å². The molecule has 0 fully saturated rings. The number of Topliss-reactive ketones (excluding diaryl/α,β-unsaturated/α-hetero) is 1. The van der Waals surface area contributed by atoms with Crippen LogP contribution in [0.4, 0.5) is 0 Å². The molecule has 1 unspecified atom stereocenters. The van der Waals surface area contributed by atoms with Crippen molar-refractivity contribution in [3.8, 4) is 0 Å². The Labute approximate surface area is 68.4 Å². The average molecular weight is 189 g/mol. The fraction of sp³-hybridized carbons (Fsp3) is 0. The minimum Gasteiger partial charge on any atom is -0.300 e. The van der Waals surface area contributed by atoms with Gasteiger partial charge in [0, 0.05) is 0 Å². The number of H-pyrrole nitrogens is 1. The molecule has 0 aliphatic heterocycles. The summed E-state index contributed by atoms with van der Waals surface area (Å²) in [6.45, 7) is 0. The van der Waals surface area contributed by atoms with Gasteiger partial charge >= 0.3 is 5.12 Å². The second-order valence-electron chi connectivity index (χ2n) is 1.72. The second-order valence-corrected chi connectivity index (χ2v) is 2.59. The third-order valence-corrected chi connectivity index (χ3v) is 1.49. The summed E-state index contributed by atoms with van der Waals surface area (Å²) in [6.07, 6.45) is 0.993. The van der Waals surface area contributed by atoms with E-state index < -0.39 is 22.0 Å². The van der Waals surface area contributed by atoms with Crippen molar-refractivity contribution in [1.82, 2.24) is 15.4 Å². The first-order valence-electron chi connectivity index (χ1n) is 2.68. The number of hydrogen-bond donors (Lipinski definition) is 2. The molecule has 8 heteroatoms. The highest BCUT2D eigenvalue weighted by atomic mass is 32.2. The highest BCUT2D eigenvalue weighted by Crippen LogP contribution is 1.94. The molecular weight excluding hydrogens is 186 g/mol. The molecule has 1 aromatic rings.